The molecule has 0 radical (unpaired) electrons. The fourth-order valence-corrected chi connectivity index (χ4v) is 7.60. The van der Waals surface area contributed by atoms with Crippen molar-refractivity contribution in [2.75, 3.05) is 23.1 Å². The molecular formula is C22H22BrN3O5S3. The number of anilines is 2. The van der Waals surface area contributed by atoms with Crippen LogP contribution in [0.15, 0.2) is 79.6 Å². The third-order valence-corrected chi connectivity index (χ3v) is 10.5. The lowest BCUT2D eigenvalue weighted by Gasteiger charge is -2.30. The Hall–Kier alpha value is -2.25. The van der Waals surface area contributed by atoms with Crippen LogP contribution in [0.25, 0.3) is 0 Å². The molecule has 1 aliphatic rings. The van der Waals surface area contributed by atoms with Crippen molar-refractivity contribution < 1.29 is 21.6 Å². The monoisotopic (exact) mass is 583 g/mol. The minimum absolute atomic E-state index is 0.0549. The van der Waals surface area contributed by atoms with Gasteiger partial charge in [0.15, 0.2) is 0 Å². The van der Waals surface area contributed by atoms with Crippen molar-refractivity contribution >= 4 is 64.6 Å². The highest BCUT2D eigenvalue weighted by Crippen LogP contribution is 2.27. The number of hydrogen-bond acceptors (Lipinski definition) is 6. The molecule has 4 rings (SSSR count). The molecule has 2 heterocycles. The maximum absolute atomic E-state index is 12.8. The van der Waals surface area contributed by atoms with Gasteiger partial charge in [-0.05, 0) is 72.8 Å². The van der Waals surface area contributed by atoms with Crippen LogP contribution in [0.1, 0.15) is 12.8 Å². The van der Waals surface area contributed by atoms with Gasteiger partial charge >= 0.3 is 0 Å². The van der Waals surface area contributed by atoms with Gasteiger partial charge in [0.1, 0.15) is 4.21 Å². The number of hydrogen-bond donors (Lipinski definition) is 2. The van der Waals surface area contributed by atoms with Crippen molar-refractivity contribution in [3.05, 3.63) is 70.5 Å². The first-order valence-corrected chi connectivity index (χ1v) is 15.0. The fraction of sp³-hybridized carbons (Fsp3) is 0.227. The zero-order valence-electron chi connectivity index (χ0n) is 17.8. The predicted octanol–water partition coefficient (Wildman–Crippen LogP) is 4.35. The summed E-state index contributed by atoms with van der Waals surface area (Å²) < 4.78 is 55.8. The first-order chi connectivity index (χ1) is 16.1. The number of nitrogens with one attached hydrogen (secondary N) is 2. The van der Waals surface area contributed by atoms with Gasteiger partial charge in [-0.2, -0.15) is 4.31 Å². The highest BCUT2D eigenvalue weighted by molar-refractivity contribution is 9.10. The molecule has 2 aromatic carbocycles. The Bertz CT molecular complexity index is 1360. The summed E-state index contributed by atoms with van der Waals surface area (Å²) >= 11 is 4.46. The number of rotatable bonds is 7. The summed E-state index contributed by atoms with van der Waals surface area (Å²) in [6, 6.07) is 15.8. The maximum Gasteiger partial charge on any atom is 0.261 e. The van der Waals surface area contributed by atoms with E-state index in [-0.39, 0.29) is 21.6 Å². The summed E-state index contributed by atoms with van der Waals surface area (Å²) in [5.41, 5.74) is 0.866. The smallest absolute Gasteiger partial charge is 0.261 e. The van der Waals surface area contributed by atoms with E-state index < -0.39 is 26.0 Å². The van der Waals surface area contributed by atoms with E-state index in [1.165, 1.54) is 28.6 Å². The SMILES string of the molecule is O=C(Nc1ccc(S(=O)(=O)Nc2ccc(Br)cc2)cc1)[C@@H]1CCCN(S(=O)(=O)c2cccs2)C1. The van der Waals surface area contributed by atoms with E-state index >= 15 is 0 Å². The van der Waals surface area contributed by atoms with E-state index in [9.17, 15) is 21.6 Å². The third kappa shape index (κ3) is 5.69. The van der Waals surface area contributed by atoms with Crippen molar-refractivity contribution in [3.63, 3.8) is 0 Å². The van der Waals surface area contributed by atoms with Crippen LogP contribution in [0.3, 0.4) is 0 Å². The Morgan fingerprint density at radius 1 is 0.971 bits per heavy atom. The molecule has 1 aromatic heterocycles. The molecule has 0 aliphatic carbocycles. The molecule has 8 nitrogen and oxygen atoms in total. The Morgan fingerprint density at radius 2 is 1.65 bits per heavy atom. The highest BCUT2D eigenvalue weighted by Gasteiger charge is 2.33. The molecule has 1 amide bonds. The number of carbonyl (C=O) groups excluding carboxylic acids is 1. The lowest BCUT2D eigenvalue weighted by molar-refractivity contribution is -0.120. The molecule has 180 valence electrons. The fourth-order valence-electron chi connectivity index (χ4n) is 3.61. The number of sulfonamides is 2. The minimum Gasteiger partial charge on any atom is -0.326 e. The average molecular weight is 585 g/mol. The van der Waals surface area contributed by atoms with Crippen LogP contribution in [0.2, 0.25) is 0 Å². The molecule has 1 aliphatic heterocycles. The molecule has 0 unspecified atom stereocenters. The summed E-state index contributed by atoms with van der Waals surface area (Å²) in [7, 11) is -7.40. The Balaban J connectivity index is 1.40. The molecule has 12 heteroatoms. The van der Waals surface area contributed by atoms with E-state index in [4.69, 9.17) is 0 Å². The van der Waals surface area contributed by atoms with Crippen LogP contribution in [0.5, 0.6) is 0 Å². The highest BCUT2D eigenvalue weighted by atomic mass is 79.9. The zero-order valence-corrected chi connectivity index (χ0v) is 21.9. The number of halogens is 1. The van der Waals surface area contributed by atoms with E-state index in [2.05, 4.69) is 26.0 Å². The second-order valence-electron chi connectivity index (χ2n) is 7.76. The van der Waals surface area contributed by atoms with Gasteiger partial charge in [-0.15, -0.1) is 11.3 Å². The van der Waals surface area contributed by atoms with Crippen LogP contribution in [0, 0.1) is 5.92 Å². The van der Waals surface area contributed by atoms with Gasteiger partial charge in [-0.1, -0.05) is 22.0 Å². The summed E-state index contributed by atoms with van der Waals surface area (Å²) in [5, 5.41) is 4.48. The molecule has 1 atom stereocenters. The van der Waals surface area contributed by atoms with Crippen LogP contribution < -0.4 is 10.0 Å². The summed E-state index contributed by atoms with van der Waals surface area (Å²) in [6.45, 7) is 0.484. The van der Waals surface area contributed by atoms with Crippen molar-refractivity contribution in [2.45, 2.75) is 21.9 Å². The molecule has 1 fully saturated rings. The number of thiophene rings is 1. The predicted molar refractivity (Wildman–Crippen MR) is 136 cm³/mol. The zero-order chi connectivity index (χ0) is 24.3. The van der Waals surface area contributed by atoms with Crippen molar-refractivity contribution in [1.82, 2.24) is 4.31 Å². The number of piperidine rings is 1. The normalized spacial score (nSPS) is 17.3. The number of amides is 1. The van der Waals surface area contributed by atoms with Gasteiger partial charge in [0.25, 0.3) is 20.0 Å². The number of nitrogens with zero attached hydrogens (tertiary/aromatic N) is 1. The first-order valence-electron chi connectivity index (χ1n) is 10.4. The van der Waals surface area contributed by atoms with E-state index in [0.29, 0.717) is 30.8 Å². The molecule has 3 aromatic rings. The van der Waals surface area contributed by atoms with Crippen molar-refractivity contribution in [2.24, 2.45) is 5.92 Å². The number of carbonyl (C=O) groups is 1. The largest absolute Gasteiger partial charge is 0.326 e. The lowest BCUT2D eigenvalue weighted by Crippen LogP contribution is -2.43. The van der Waals surface area contributed by atoms with E-state index in [1.807, 2.05) is 0 Å². The van der Waals surface area contributed by atoms with Crippen LogP contribution in [0.4, 0.5) is 11.4 Å². The van der Waals surface area contributed by atoms with Gasteiger partial charge in [0.2, 0.25) is 5.91 Å². The van der Waals surface area contributed by atoms with Gasteiger partial charge in [-0.25, -0.2) is 16.8 Å². The van der Waals surface area contributed by atoms with Crippen LogP contribution in [-0.4, -0.2) is 40.1 Å². The average Bonchev–Trinajstić information content (AvgIpc) is 3.37. The summed E-state index contributed by atoms with van der Waals surface area (Å²) in [5.74, 6) is -0.791. The molecule has 0 bridgehead atoms. The Labute approximate surface area is 211 Å². The maximum atomic E-state index is 12.8. The van der Waals surface area contributed by atoms with Crippen LogP contribution >= 0.6 is 27.3 Å². The van der Waals surface area contributed by atoms with Crippen molar-refractivity contribution in [3.8, 4) is 0 Å². The van der Waals surface area contributed by atoms with Gasteiger partial charge < -0.3 is 5.32 Å². The quantitative estimate of drug-likeness (QED) is 0.429. The molecule has 2 N–H and O–H groups in total. The topological polar surface area (TPSA) is 113 Å². The molecule has 34 heavy (non-hydrogen) atoms. The number of benzene rings is 2. The Kier molecular flexibility index (Phi) is 7.43. The Morgan fingerprint density at radius 3 is 2.29 bits per heavy atom. The third-order valence-electron chi connectivity index (χ3n) is 5.37. The summed E-state index contributed by atoms with van der Waals surface area (Å²) in [6.07, 6.45) is 1.16. The second kappa shape index (κ2) is 10.2. The van der Waals surface area contributed by atoms with Gasteiger partial charge in [-0.3, -0.25) is 9.52 Å². The van der Waals surface area contributed by atoms with E-state index in [1.54, 1.807) is 41.8 Å². The van der Waals surface area contributed by atoms with Gasteiger partial charge in [0, 0.05) is 28.9 Å². The van der Waals surface area contributed by atoms with Crippen molar-refractivity contribution in [1.29, 1.82) is 0 Å². The van der Waals surface area contributed by atoms with Crippen LogP contribution in [-0.2, 0) is 24.8 Å². The lowest BCUT2D eigenvalue weighted by atomic mass is 9.99. The molecular weight excluding hydrogens is 562 g/mol. The molecule has 0 saturated carbocycles. The standard InChI is InChI=1S/C22H22BrN3O5S3/c23-17-5-7-19(8-6-17)25-33(28,29)20-11-9-18(10-12-20)24-22(27)16-3-1-13-26(15-16)34(30,31)21-4-2-14-32-21/h2,4-12,14,16,25H,1,3,13,15H2,(H,24,27)/t16-/m1/s1. The second-order valence-corrected chi connectivity index (χ2v) is 13.5. The molecule has 0 spiro atoms. The first kappa shape index (κ1) is 24.9. The van der Waals surface area contributed by atoms with Gasteiger partial charge in [0.05, 0.1) is 10.8 Å². The molecule has 1 saturated heterocycles. The minimum atomic E-state index is -3.79. The van der Waals surface area contributed by atoms with E-state index in [0.717, 1.165) is 15.8 Å². The summed E-state index contributed by atoms with van der Waals surface area (Å²) in [4.78, 5) is 12.9.